The smallest absolute Gasteiger partial charge is 0.155 e. The minimum absolute atomic E-state index is 0.605. The zero-order valence-corrected chi connectivity index (χ0v) is 9.78. The Morgan fingerprint density at radius 1 is 1.44 bits per heavy atom. The minimum atomic E-state index is 0.605. The molecular formula is C11H13ClN4. The lowest BCUT2D eigenvalue weighted by molar-refractivity contribution is 0.845. The van der Waals surface area contributed by atoms with Gasteiger partial charge in [0.05, 0.1) is 17.4 Å². The largest absolute Gasteiger partial charge is 0.370 e. The zero-order chi connectivity index (χ0) is 11.4. The van der Waals surface area contributed by atoms with Crippen LogP contribution in [0, 0.1) is 0 Å². The van der Waals surface area contributed by atoms with Crippen LogP contribution in [0.15, 0.2) is 30.6 Å². The monoisotopic (exact) mass is 236 g/mol. The molecule has 0 aliphatic heterocycles. The van der Waals surface area contributed by atoms with Crippen molar-refractivity contribution in [2.45, 2.75) is 13.3 Å². The molecule has 0 fully saturated rings. The number of rotatable bonds is 4. The van der Waals surface area contributed by atoms with Crippen LogP contribution in [0.25, 0.3) is 5.82 Å². The van der Waals surface area contributed by atoms with Crippen LogP contribution in [0.1, 0.15) is 13.3 Å². The summed E-state index contributed by atoms with van der Waals surface area (Å²) in [6.45, 7) is 3.03. The number of hydrogen-bond donors (Lipinski definition) is 1. The molecule has 5 heteroatoms. The first kappa shape index (κ1) is 11.0. The van der Waals surface area contributed by atoms with E-state index in [1.165, 1.54) is 0 Å². The summed E-state index contributed by atoms with van der Waals surface area (Å²) in [6, 6.07) is 5.76. The Bertz CT molecular complexity index is 467. The second-order valence-electron chi connectivity index (χ2n) is 3.41. The van der Waals surface area contributed by atoms with E-state index in [1.807, 2.05) is 18.2 Å². The summed E-state index contributed by atoms with van der Waals surface area (Å²) in [7, 11) is 0. The number of halogens is 1. The highest BCUT2D eigenvalue weighted by Crippen LogP contribution is 2.12. The third-order valence-electron chi connectivity index (χ3n) is 2.08. The molecule has 0 atom stereocenters. The lowest BCUT2D eigenvalue weighted by Gasteiger charge is -2.05. The maximum absolute atomic E-state index is 5.81. The standard InChI is InChI=1S/C11H13ClN4/c1-2-6-13-10-4-3-5-11(15-10)16-8-9(12)7-14-16/h3-5,7-8H,2,6H2,1H3,(H,13,15). The molecule has 0 aliphatic carbocycles. The molecule has 2 rings (SSSR count). The number of nitrogens with zero attached hydrogens (tertiary/aromatic N) is 3. The van der Waals surface area contributed by atoms with Gasteiger partial charge in [0.1, 0.15) is 5.82 Å². The summed E-state index contributed by atoms with van der Waals surface area (Å²) >= 11 is 5.81. The molecule has 0 saturated carbocycles. The van der Waals surface area contributed by atoms with Crippen molar-refractivity contribution >= 4 is 17.4 Å². The lowest BCUT2D eigenvalue weighted by atomic mass is 10.4. The molecule has 84 valence electrons. The van der Waals surface area contributed by atoms with Gasteiger partial charge < -0.3 is 5.32 Å². The first-order valence-corrected chi connectivity index (χ1v) is 5.59. The number of anilines is 1. The molecule has 0 radical (unpaired) electrons. The summed E-state index contributed by atoms with van der Waals surface area (Å²) in [4.78, 5) is 4.42. The van der Waals surface area contributed by atoms with Crippen molar-refractivity contribution in [3.63, 3.8) is 0 Å². The molecule has 16 heavy (non-hydrogen) atoms. The average Bonchev–Trinajstić information content (AvgIpc) is 2.74. The van der Waals surface area contributed by atoms with E-state index in [4.69, 9.17) is 11.6 Å². The topological polar surface area (TPSA) is 42.7 Å². The van der Waals surface area contributed by atoms with E-state index in [0.29, 0.717) is 5.02 Å². The fourth-order valence-electron chi connectivity index (χ4n) is 1.33. The first-order chi connectivity index (χ1) is 7.79. The Kier molecular flexibility index (Phi) is 3.41. The van der Waals surface area contributed by atoms with Gasteiger partial charge in [-0.3, -0.25) is 0 Å². The van der Waals surface area contributed by atoms with Gasteiger partial charge in [-0.2, -0.15) is 5.10 Å². The molecule has 0 amide bonds. The SMILES string of the molecule is CCCNc1cccc(-n2cc(Cl)cn2)n1. The molecule has 0 unspecified atom stereocenters. The predicted octanol–water partition coefficient (Wildman–Crippen LogP) is 2.74. The van der Waals surface area contributed by atoms with Gasteiger partial charge in [-0.25, -0.2) is 9.67 Å². The van der Waals surface area contributed by atoms with Gasteiger partial charge in [0, 0.05) is 6.54 Å². The van der Waals surface area contributed by atoms with Crippen molar-refractivity contribution in [2.24, 2.45) is 0 Å². The molecule has 0 saturated heterocycles. The van der Waals surface area contributed by atoms with Crippen molar-refractivity contribution in [3.05, 3.63) is 35.6 Å². The highest BCUT2D eigenvalue weighted by molar-refractivity contribution is 6.30. The normalized spacial score (nSPS) is 10.4. The van der Waals surface area contributed by atoms with Crippen LogP contribution in [-0.4, -0.2) is 21.3 Å². The van der Waals surface area contributed by atoms with Crippen LogP contribution in [0.2, 0.25) is 5.02 Å². The van der Waals surface area contributed by atoms with Crippen molar-refractivity contribution in [3.8, 4) is 5.82 Å². The fourth-order valence-corrected chi connectivity index (χ4v) is 1.46. The molecule has 4 nitrogen and oxygen atoms in total. The van der Waals surface area contributed by atoms with Gasteiger partial charge in [0.25, 0.3) is 0 Å². The van der Waals surface area contributed by atoms with Crippen LogP contribution < -0.4 is 5.32 Å². The maximum atomic E-state index is 5.81. The van der Waals surface area contributed by atoms with E-state index in [9.17, 15) is 0 Å². The van der Waals surface area contributed by atoms with Crippen LogP contribution in [0.3, 0.4) is 0 Å². The Labute approximate surface area is 99.3 Å². The van der Waals surface area contributed by atoms with E-state index >= 15 is 0 Å². The number of hydrogen-bond acceptors (Lipinski definition) is 3. The molecule has 0 aromatic carbocycles. The zero-order valence-electron chi connectivity index (χ0n) is 9.02. The fraction of sp³-hybridized carbons (Fsp3) is 0.273. The van der Waals surface area contributed by atoms with Crippen molar-refractivity contribution in [1.82, 2.24) is 14.8 Å². The second kappa shape index (κ2) is 4.99. The van der Waals surface area contributed by atoms with E-state index < -0.39 is 0 Å². The quantitative estimate of drug-likeness (QED) is 0.888. The van der Waals surface area contributed by atoms with E-state index in [2.05, 4.69) is 22.3 Å². The van der Waals surface area contributed by atoms with E-state index in [-0.39, 0.29) is 0 Å². The Hall–Kier alpha value is -1.55. The summed E-state index contributed by atoms with van der Waals surface area (Å²) < 4.78 is 1.65. The molecule has 2 aromatic heterocycles. The van der Waals surface area contributed by atoms with Gasteiger partial charge in [0.15, 0.2) is 5.82 Å². The third kappa shape index (κ3) is 2.52. The van der Waals surface area contributed by atoms with Crippen LogP contribution in [-0.2, 0) is 0 Å². The number of pyridine rings is 1. The van der Waals surface area contributed by atoms with E-state index in [0.717, 1.165) is 24.6 Å². The number of nitrogens with one attached hydrogen (secondary N) is 1. The van der Waals surface area contributed by atoms with Gasteiger partial charge in [-0.1, -0.05) is 24.6 Å². The van der Waals surface area contributed by atoms with Gasteiger partial charge >= 0.3 is 0 Å². The van der Waals surface area contributed by atoms with E-state index in [1.54, 1.807) is 17.1 Å². The van der Waals surface area contributed by atoms with Crippen LogP contribution in [0.5, 0.6) is 0 Å². The maximum Gasteiger partial charge on any atom is 0.155 e. The summed E-state index contributed by atoms with van der Waals surface area (Å²) in [5.74, 6) is 1.61. The molecule has 2 heterocycles. The first-order valence-electron chi connectivity index (χ1n) is 5.21. The van der Waals surface area contributed by atoms with Crippen molar-refractivity contribution in [1.29, 1.82) is 0 Å². The Balaban J connectivity index is 2.22. The third-order valence-corrected chi connectivity index (χ3v) is 2.27. The highest BCUT2D eigenvalue weighted by Gasteiger charge is 2.01. The molecule has 0 spiro atoms. The summed E-state index contributed by atoms with van der Waals surface area (Å²) in [6.07, 6.45) is 4.39. The minimum Gasteiger partial charge on any atom is -0.370 e. The summed E-state index contributed by atoms with van der Waals surface area (Å²) in [5, 5.41) is 7.93. The molecule has 1 N–H and O–H groups in total. The van der Waals surface area contributed by atoms with Gasteiger partial charge in [-0.15, -0.1) is 0 Å². The average molecular weight is 237 g/mol. The molecule has 2 aromatic rings. The van der Waals surface area contributed by atoms with Crippen LogP contribution >= 0.6 is 11.6 Å². The van der Waals surface area contributed by atoms with Crippen molar-refractivity contribution < 1.29 is 0 Å². The molecule has 0 bridgehead atoms. The lowest BCUT2D eigenvalue weighted by Crippen LogP contribution is -2.04. The highest BCUT2D eigenvalue weighted by atomic mass is 35.5. The Morgan fingerprint density at radius 3 is 3.00 bits per heavy atom. The predicted molar refractivity (Wildman–Crippen MR) is 65.1 cm³/mol. The Morgan fingerprint density at radius 2 is 2.31 bits per heavy atom. The molecular weight excluding hydrogens is 224 g/mol. The van der Waals surface area contributed by atoms with Crippen LogP contribution in [0.4, 0.5) is 5.82 Å². The summed E-state index contributed by atoms with van der Waals surface area (Å²) in [5.41, 5.74) is 0. The van der Waals surface area contributed by atoms with Gasteiger partial charge in [-0.05, 0) is 18.6 Å². The van der Waals surface area contributed by atoms with Crippen molar-refractivity contribution in [2.75, 3.05) is 11.9 Å². The van der Waals surface area contributed by atoms with Gasteiger partial charge in [0.2, 0.25) is 0 Å². The number of aromatic nitrogens is 3. The molecule has 0 aliphatic rings. The second-order valence-corrected chi connectivity index (χ2v) is 3.85.